The third-order valence-corrected chi connectivity index (χ3v) is 5.58. The van der Waals surface area contributed by atoms with E-state index in [1.807, 2.05) is 6.07 Å². The predicted molar refractivity (Wildman–Crippen MR) is 154 cm³/mol. The van der Waals surface area contributed by atoms with E-state index in [1.54, 1.807) is 64.1 Å². The van der Waals surface area contributed by atoms with E-state index < -0.39 is 52.7 Å². The van der Waals surface area contributed by atoms with Crippen LogP contribution in [0.5, 0.6) is 0 Å². The highest BCUT2D eigenvalue weighted by molar-refractivity contribution is 6.67. The van der Waals surface area contributed by atoms with Gasteiger partial charge in [0.2, 0.25) is 3.79 Å². The first-order chi connectivity index (χ1) is 18.7. The molecule has 0 radical (unpaired) electrons. The van der Waals surface area contributed by atoms with Crippen molar-refractivity contribution >= 4 is 53.1 Å². The Hall–Kier alpha value is -2.24. The zero-order valence-electron chi connectivity index (χ0n) is 23.7. The first-order valence-corrected chi connectivity index (χ1v) is 13.8. The van der Waals surface area contributed by atoms with E-state index in [9.17, 15) is 14.4 Å². The molecule has 0 heterocycles. The van der Waals surface area contributed by atoms with Gasteiger partial charge in [-0.3, -0.25) is 0 Å². The third-order valence-electron chi connectivity index (χ3n) is 5.25. The van der Waals surface area contributed by atoms with Crippen LogP contribution in [0.2, 0.25) is 0 Å². The third kappa shape index (κ3) is 14.4. The standard InChI is InChI=1S/C27H39Cl3N2O8/c1-7-12-20(31-23(33)39-18-27(28,29)30)21(15-11-16-22(36-5)37-6)32(25(35)40-26(2,3)4)24(34)38-17-19-13-9-8-10-14-19/h7-10,12-14,20-22H,11,15-18H2,1-6H3,(H,31,33)/b12-7-/t20-,21-/m1/s1. The van der Waals surface area contributed by atoms with Crippen molar-refractivity contribution in [3.8, 4) is 0 Å². The monoisotopic (exact) mass is 624 g/mol. The lowest BCUT2D eigenvalue weighted by Crippen LogP contribution is -2.56. The molecular weight excluding hydrogens is 587 g/mol. The fourth-order valence-corrected chi connectivity index (χ4v) is 3.71. The van der Waals surface area contributed by atoms with Gasteiger partial charge in [0, 0.05) is 14.2 Å². The Morgan fingerprint density at radius 3 is 2.12 bits per heavy atom. The average molecular weight is 626 g/mol. The Balaban J connectivity index is 3.39. The number of ether oxygens (including phenoxy) is 5. The van der Waals surface area contributed by atoms with E-state index in [1.165, 1.54) is 14.2 Å². The summed E-state index contributed by atoms with van der Waals surface area (Å²) in [6, 6.07) is 7.10. The SMILES string of the molecule is C/C=C\[C@@H](NC(=O)OCC(Cl)(Cl)Cl)[C@@H](CCCC(OC)OC)N(C(=O)OCc1ccccc1)C(=O)OC(C)(C)C. The van der Waals surface area contributed by atoms with Gasteiger partial charge in [-0.05, 0) is 52.5 Å². The number of imide groups is 1. The van der Waals surface area contributed by atoms with E-state index in [2.05, 4.69) is 5.32 Å². The van der Waals surface area contributed by atoms with E-state index in [0.717, 1.165) is 10.5 Å². The second-order valence-electron chi connectivity index (χ2n) is 9.68. The smallest absolute Gasteiger partial charge is 0.420 e. The van der Waals surface area contributed by atoms with Crippen molar-refractivity contribution in [1.29, 1.82) is 0 Å². The van der Waals surface area contributed by atoms with Crippen molar-refractivity contribution in [2.45, 2.75) is 81.3 Å². The van der Waals surface area contributed by atoms with Crippen LogP contribution < -0.4 is 5.32 Å². The summed E-state index contributed by atoms with van der Waals surface area (Å²) in [5, 5.41) is 2.64. The molecule has 3 amide bonds. The van der Waals surface area contributed by atoms with Crippen LogP contribution in [0.3, 0.4) is 0 Å². The molecule has 0 saturated carbocycles. The molecule has 10 nitrogen and oxygen atoms in total. The van der Waals surface area contributed by atoms with Crippen LogP contribution in [-0.4, -0.2) is 71.8 Å². The van der Waals surface area contributed by atoms with Gasteiger partial charge < -0.3 is 29.0 Å². The summed E-state index contributed by atoms with van der Waals surface area (Å²) in [5.74, 6) is 0. The quantitative estimate of drug-likeness (QED) is 0.111. The lowest BCUT2D eigenvalue weighted by molar-refractivity contribution is -0.107. The van der Waals surface area contributed by atoms with E-state index in [0.29, 0.717) is 12.8 Å². The van der Waals surface area contributed by atoms with Gasteiger partial charge in [0.05, 0.1) is 12.1 Å². The largest absolute Gasteiger partial charge is 0.445 e. The van der Waals surface area contributed by atoms with Gasteiger partial charge in [0.15, 0.2) is 6.29 Å². The van der Waals surface area contributed by atoms with Gasteiger partial charge in [-0.15, -0.1) is 0 Å². The molecule has 0 aliphatic rings. The Morgan fingerprint density at radius 1 is 0.975 bits per heavy atom. The van der Waals surface area contributed by atoms with Crippen LogP contribution in [0, 0.1) is 0 Å². The van der Waals surface area contributed by atoms with Gasteiger partial charge in [-0.1, -0.05) is 77.3 Å². The zero-order valence-corrected chi connectivity index (χ0v) is 25.9. The topological polar surface area (TPSA) is 113 Å². The number of nitrogens with zero attached hydrogens (tertiary/aromatic N) is 1. The highest BCUT2D eigenvalue weighted by Gasteiger charge is 2.39. The van der Waals surface area contributed by atoms with Crippen LogP contribution in [0.1, 0.15) is 52.5 Å². The number of carbonyl (C=O) groups is 3. The normalized spacial score (nSPS) is 13.6. The number of alkyl carbamates (subject to hydrolysis) is 1. The summed E-state index contributed by atoms with van der Waals surface area (Å²) in [5.41, 5.74) is -0.207. The summed E-state index contributed by atoms with van der Waals surface area (Å²) in [4.78, 5) is 40.4. The molecule has 1 N–H and O–H groups in total. The number of methoxy groups -OCH3 is 2. The number of rotatable bonds is 13. The van der Waals surface area contributed by atoms with Crippen LogP contribution in [0.15, 0.2) is 42.5 Å². The summed E-state index contributed by atoms with van der Waals surface area (Å²) in [6.07, 6.45) is 1.00. The number of halogens is 3. The highest BCUT2D eigenvalue weighted by atomic mass is 35.6. The zero-order chi connectivity index (χ0) is 30.3. The maximum Gasteiger partial charge on any atom is 0.420 e. The lowest BCUT2D eigenvalue weighted by atomic mass is 9.99. The van der Waals surface area contributed by atoms with Gasteiger partial charge in [0.1, 0.15) is 18.8 Å². The van der Waals surface area contributed by atoms with Gasteiger partial charge in [-0.2, -0.15) is 0 Å². The van der Waals surface area contributed by atoms with Crippen molar-refractivity contribution in [2.75, 3.05) is 20.8 Å². The van der Waals surface area contributed by atoms with Crippen LogP contribution in [0.25, 0.3) is 0 Å². The molecule has 2 atom stereocenters. The van der Waals surface area contributed by atoms with Crippen molar-refractivity contribution < 1.29 is 38.1 Å². The van der Waals surface area contributed by atoms with Crippen LogP contribution in [0.4, 0.5) is 14.4 Å². The molecule has 1 aromatic rings. The molecule has 0 unspecified atom stereocenters. The Morgan fingerprint density at radius 2 is 1.60 bits per heavy atom. The van der Waals surface area contributed by atoms with Gasteiger partial charge in [0.25, 0.3) is 0 Å². The molecular formula is C27H39Cl3N2O8. The molecule has 0 fully saturated rings. The molecule has 40 heavy (non-hydrogen) atoms. The molecule has 0 aliphatic carbocycles. The summed E-state index contributed by atoms with van der Waals surface area (Å²) < 4.78 is 24.8. The Labute approximate surface area is 251 Å². The van der Waals surface area contributed by atoms with Crippen molar-refractivity contribution in [3.63, 3.8) is 0 Å². The van der Waals surface area contributed by atoms with Gasteiger partial charge in [-0.25, -0.2) is 19.3 Å². The molecule has 0 spiro atoms. The number of hydrogen-bond acceptors (Lipinski definition) is 8. The molecule has 1 rings (SSSR count). The molecule has 226 valence electrons. The summed E-state index contributed by atoms with van der Waals surface area (Å²) in [7, 11) is 3.01. The van der Waals surface area contributed by atoms with E-state index >= 15 is 0 Å². The van der Waals surface area contributed by atoms with Crippen LogP contribution in [-0.2, 0) is 30.3 Å². The van der Waals surface area contributed by atoms with Crippen molar-refractivity contribution in [2.24, 2.45) is 0 Å². The minimum absolute atomic E-state index is 0.0892. The number of hydrogen-bond donors (Lipinski definition) is 1. The molecule has 1 aromatic carbocycles. The first kappa shape index (κ1) is 35.8. The maximum atomic E-state index is 13.5. The predicted octanol–water partition coefficient (Wildman–Crippen LogP) is 6.76. The van der Waals surface area contributed by atoms with Crippen molar-refractivity contribution in [3.05, 3.63) is 48.0 Å². The highest BCUT2D eigenvalue weighted by Crippen LogP contribution is 2.26. The average Bonchev–Trinajstić information content (AvgIpc) is 2.87. The van der Waals surface area contributed by atoms with Crippen molar-refractivity contribution in [1.82, 2.24) is 10.2 Å². The number of alkyl halides is 3. The molecule has 0 bridgehead atoms. The first-order valence-electron chi connectivity index (χ1n) is 12.6. The molecule has 0 aromatic heterocycles. The van der Waals surface area contributed by atoms with E-state index in [4.69, 9.17) is 58.5 Å². The number of allylic oxidation sites excluding steroid dienone is 1. The summed E-state index contributed by atoms with van der Waals surface area (Å²) in [6.45, 7) is 6.12. The summed E-state index contributed by atoms with van der Waals surface area (Å²) >= 11 is 17.1. The number of nitrogens with one attached hydrogen (secondary N) is 1. The number of benzene rings is 1. The van der Waals surface area contributed by atoms with E-state index in [-0.39, 0.29) is 13.0 Å². The fraction of sp³-hybridized carbons (Fsp3) is 0.593. The lowest BCUT2D eigenvalue weighted by Gasteiger charge is -2.35. The Kier molecular flexibility index (Phi) is 15.7. The molecule has 0 saturated heterocycles. The Bertz CT molecular complexity index is 947. The van der Waals surface area contributed by atoms with Gasteiger partial charge >= 0.3 is 18.3 Å². The second kappa shape index (κ2) is 17.5. The number of carbonyl (C=O) groups excluding carboxylic acids is 3. The van der Waals surface area contributed by atoms with Crippen LogP contribution >= 0.6 is 34.8 Å². The molecule has 13 heteroatoms. The second-order valence-corrected chi connectivity index (χ2v) is 12.2. The fourth-order valence-electron chi connectivity index (χ4n) is 3.55. The maximum absolute atomic E-state index is 13.5. The molecule has 0 aliphatic heterocycles. The minimum Gasteiger partial charge on any atom is -0.445 e. The minimum atomic E-state index is -1.83. The number of amides is 3.